The summed E-state index contributed by atoms with van der Waals surface area (Å²) in [6.07, 6.45) is 2.50. The van der Waals surface area contributed by atoms with Gasteiger partial charge in [0.25, 0.3) is 0 Å². The van der Waals surface area contributed by atoms with E-state index in [-0.39, 0.29) is 11.9 Å². The summed E-state index contributed by atoms with van der Waals surface area (Å²) in [6, 6.07) is 4.56. The lowest BCUT2D eigenvalue weighted by atomic mass is 10.1. The molecule has 1 aromatic carbocycles. The summed E-state index contributed by atoms with van der Waals surface area (Å²) in [5.74, 6) is -0.260. The molecule has 2 nitrogen and oxygen atoms in total. The Balaban J connectivity index is 2.22. The molecule has 0 radical (unpaired) electrons. The minimum atomic E-state index is -0.260. The summed E-state index contributed by atoms with van der Waals surface area (Å²) >= 11 is 7.72. The fourth-order valence-electron chi connectivity index (χ4n) is 1.80. The first kappa shape index (κ1) is 13.5. The van der Waals surface area contributed by atoms with Crippen LogP contribution in [0, 0.1) is 12.7 Å². The van der Waals surface area contributed by atoms with Gasteiger partial charge in [-0.3, -0.25) is 0 Å². The Kier molecular flexibility index (Phi) is 4.32. The number of hydrogen-bond acceptors (Lipinski definition) is 3. The van der Waals surface area contributed by atoms with Crippen molar-refractivity contribution in [3.8, 4) is 0 Å². The number of halogens is 2. The highest BCUT2D eigenvalue weighted by Crippen LogP contribution is 2.27. The van der Waals surface area contributed by atoms with Gasteiger partial charge in [0.05, 0.1) is 5.01 Å². The molecule has 0 saturated heterocycles. The second-order valence-corrected chi connectivity index (χ2v) is 5.74. The number of aryl methyl sites for hydroxylation is 1. The molecule has 2 aromatic rings. The lowest BCUT2D eigenvalue weighted by Gasteiger charge is -2.15. The van der Waals surface area contributed by atoms with Gasteiger partial charge >= 0.3 is 0 Å². The van der Waals surface area contributed by atoms with E-state index in [1.807, 2.05) is 20.2 Å². The van der Waals surface area contributed by atoms with E-state index in [4.69, 9.17) is 11.6 Å². The fourth-order valence-corrected chi connectivity index (χ4v) is 2.89. The Labute approximate surface area is 115 Å². The molecular formula is C13H14ClFN2S. The van der Waals surface area contributed by atoms with Crippen molar-refractivity contribution in [2.24, 2.45) is 0 Å². The van der Waals surface area contributed by atoms with Gasteiger partial charge in [-0.2, -0.15) is 0 Å². The molecule has 96 valence electrons. The lowest BCUT2D eigenvalue weighted by molar-refractivity contribution is 0.591. The van der Waals surface area contributed by atoms with E-state index < -0.39 is 0 Å². The highest BCUT2D eigenvalue weighted by molar-refractivity contribution is 7.11. The first-order valence-corrected chi connectivity index (χ1v) is 6.83. The van der Waals surface area contributed by atoms with Crippen LogP contribution >= 0.6 is 22.9 Å². The Morgan fingerprint density at radius 2 is 2.28 bits per heavy atom. The molecule has 0 fully saturated rings. The van der Waals surface area contributed by atoms with E-state index in [2.05, 4.69) is 10.3 Å². The smallest absolute Gasteiger partial charge is 0.123 e. The highest BCUT2D eigenvalue weighted by Gasteiger charge is 2.15. The quantitative estimate of drug-likeness (QED) is 0.925. The lowest BCUT2D eigenvalue weighted by Crippen LogP contribution is -2.18. The maximum atomic E-state index is 13.2. The molecule has 0 saturated carbocycles. The number of thiazole rings is 1. The number of rotatable bonds is 4. The maximum absolute atomic E-state index is 13.2. The number of hydrogen-bond donors (Lipinski definition) is 1. The molecule has 1 aromatic heterocycles. The zero-order chi connectivity index (χ0) is 13.1. The molecule has 1 unspecified atom stereocenters. The Bertz CT molecular complexity index is 542. The third-order valence-electron chi connectivity index (χ3n) is 2.76. The fraction of sp³-hybridized carbons (Fsp3) is 0.308. The SMILES string of the molecule is CNC(Cc1cc(F)ccc1Cl)c1cnc(C)s1. The zero-order valence-electron chi connectivity index (χ0n) is 10.2. The topological polar surface area (TPSA) is 24.9 Å². The van der Waals surface area contributed by atoms with Gasteiger partial charge in [-0.25, -0.2) is 9.37 Å². The average molecular weight is 285 g/mol. The van der Waals surface area contributed by atoms with Crippen LogP contribution in [-0.4, -0.2) is 12.0 Å². The number of benzene rings is 1. The summed E-state index contributed by atoms with van der Waals surface area (Å²) in [7, 11) is 1.88. The van der Waals surface area contributed by atoms with Crippen molar-refractivity contribution in [1.29, 1.82) is 0 Å². The normalized spacial score (nSPS) is 12.7. The van der Waals surface area contributed by atoms with Crippen LogP contribution in [0.25, 0.3) is 0 Å². The van der Waals surface area contributed by atoms with Gasteiger partial charge in [0.15, 0.2) is 0 Å². The molecule has 1 heterocycles. The third kappa shape index (κ3) is 3.07. The van der Waals surface area contributed by atoms with Gasteiger partial charge in [0.2, 0.25) is 0 Å². The van der Waals surface area contributed by atoms with Gasteiger partial charge in [0.1, 0.15) is 5.82 Å². The van der Waals surface area contributed by atoms with Crippen LogP contribution in [-0.2, 0) is 6.42 Å². The van der Waals surface area contributed by atoms with Crippen LogP contribution in [0.4, 0.5) is 4.39 Å². The number of nitrogens with zero attached hydrogens (tertiary/aromatic N) is 1. The molecule has 0 spiro atoms. The van der Waals surface area contributed by atoms with Crippen molar-refractivity contribution >= 4 is 22.9 Å². The number of nitrogens with one attached hydrogen (secondary N) is 1. The van der Waals surface area contributed by atoms with Gasteiger partial charge in [-0.1, -0.05) is 11.6 Å². The van der Waals surface area contributed by atoms with Crippen molar-refractivity contribution < 1.29 is 4.39 Å². The molecule has 0 amide bonds. The van der Waals surface area contributed by atoms with Crippen molar-refractivity contribution in [2.45, 2.75) is 19.4 Å². The molecule has 0 bridgehead atoms. The molecule has 18 heavy (non-hydrogen) atoms. The third-order valence-corrected chi connectivity index (χ3v) is 4.16. The molecule has 0 aliphatic carbocycles. The van der Waals surface area contributed by atoms with Gasteiger partial charge in [-0.05, 0) is 44.2 Å². The molecular weight excluding hydrogens is 271 g/mol. The van der Waals surface area contributed by atoms with Crippen molar-refractivity contribution in [3.63, 3.8) is 0 Å². The molecule has 0 aliphatic rings. The van der Waals surface area contributed by atoms with Crippen LogP contribution in [0.15, 0.2) is 24.4 Å². The van der Waals surface area contributed by atoms with E-state index in [0.717, 1.165) is 15.4 Å². The second-order valence-electron chi connectivity index (χ2n) is 4.06. The summed E-state index contributed by atoms with van der Waals surface area (Å²) in [6.45, 7) is 1.97. The van der Waals surface area contributed by atoms with Crippen LogP contribution < -0.4 is 5.32 Å². The summed E-state index contributed by atoms with van der Waals surface area (Å²) in [5.41, 5.74) is 0.807. The predicted molar refractivity (Wildman–Crippen MR) is 73.8 cm³/mol. The monoisotopic (exact) mass is 284 g/mol. The highest BCUT2D eigenvalue weighted by atomic mass is 35.5. The molecule has 2 rings (SSSR count). The Morgan fingerprint density at radius 1 is 1.50 bits per heavy atom. The van der Waals surface area contributed by atoms with Crippen molar-refractivity contribution in [2.75, 3.05) is 7.05 Å². The largest absolute Gasteiger partial charge is 0.312 e. The van der Waals surface area contributed by atoms with E-state index in [1.165, 1.54) is 12.1 Å². The Morgan fingerprint density at radius 3 is 2.89 bits per heavy atom. The zero-order valence-corrected chi connectivity index (χ0v) is 11.8. The van der Waals surface area contributed by atoms with Crippen LogP contribution in [0.2, 0.25) is 5.02 Å². The van der Waals surface area contributed by atoms with E-state index in [9.17, 15) is 4.39 Å². The van der Waals surface area contributed by atoms with Crippen molar-refractivity contribution in [1.82, 2.24) is 10.3 Å². The van der Waals surface area contributed by atoms with E-state index in [0.29, 0.717) is 11.4 Å². The number of likely N-dealkylation sites (N-methyl/N-ethyl adjacent to an activating group) is 1. The van der Waals surface area contributed by atoms with Gasteiger partial charge in [0, 0.05) is 22.1 Å². The number of aromatic nitrogens is 1. The summed E-state index contributed by atoms with van der Waals surface area (Å²) < 4.78 is 13.2. The minimum Gasteiger partial charge on any atom is -0.312 e. The van der Waals surface area contributed by atoms with Crippen LogP contribution in [0.1, 0.15) is 21.5 Å². The maximum Gasteiger partial charge on any atom is 0.123 e. The van der Waals surface area contributed by atoms with E-state index in [1.54, 1.807) is 17.4 Å². The first-order chi connectivity index (χ1) is 8.60. The molecule has 1 atom stereocenters. The standard InChI is InChI=1S/C13H14ClFN2S/c1-8-17-7-13(18-8)12(16-2)6-9-5-10(15)3-4-11(9)14/h3-5,7,12,16H,6H2,1-2H3. The van der Waals surface area contributed by atoms with E-state index >= 15 is 0 Å². The first-order valence-electron chi connectivity index (χ1n) is 5.63. The second kappa shape index (κ2) is 5.78. The van der Waals surface area contributed by atoms with Gasteiger partial charge < -0.3 is 5.32 Å². The van der Waals surface area contributed by atoms with Crippen LogP contribution in [0.5, 0.6) is 0 Å². The molecule has 5 heteroatoms. The molecule has 0 aliphatic heterocycles. The predicted octanol–water partition coefficient (Wildman–Crippen LogP) is 3.75. The molecule has 1 N–H and O–H groups in total. The van der Waals surface area contributed by atoms with Crippen LogP contribution in [0.3, 0.4) is 0 Å². The summed E-state index contributed by atoms with van der Waals surface area (Å²) in [5, 5.41) is 4.84. The average Bonchev–Trinajstić information content (AvgIpc) is 2.77. The Hall–Kier alpha value is -0.970. The van der Waals surface area contributed by atoms with Gasteiger partial charge in [-0.15, -0.1) is 11.3 Å². The summed E-state index contributed by atoms with van der Waals surface area (Å²) in [4.78, 5) is 5.37. The minimum absolute atomic E-state index is 0.107. The van der Waals surface area contributed by atoms with Crippen molar-refractivity contribution in [3.05, 3.63) is 50.7 Å².